The molecule has 0 bridgehead atoms. The van der Waals surface area contributed by atoms with Crippen LogP contribution in [0.3, 0.4) is 0 Å². The molecule has 150 valence electrons. The molecule has 0 saturated heterocycles. The van der Waals surface area contributed by atoms with Crippen LogP contribution in [0.5, 0.6) is 17.2 Å². The smallest absolute Gasteiger partial charge is 0.254 e. The number of amides is 1. The van der Waals surface area contributed by atoms with Gasteiger partial charge in [0.25, 0.3) is 5.91 Å². The van der Waals surface area contributed by atoms with Gasteiger partial charge in [-0.3, -0.25) is 4.79 Å². The first kappa shape index (κ1) is 19.9. The maximum absolute atomic E-state index is 12.4. The molecule has 29 heavy (non-hydrogen) atoms. The number of anilines is 2. The molecule has 0 spiro atoms. The Kier molecular flexibility index (Phi) is 6.47. The Labute approximate surface area is 168 Å². The number of benzene rings is 2. The number of para-hydroxylation sites is 1. The zero-order chi connectivity index (χ0) is 20.6. The number of rotatable bonds is 8. The number of carbonyl (C=O) groups is 1. The molecule has 0 unspecified atom stereocenters. The van der Waals surface area contributed by atoms with Gasteiger partial charge >= 0.3 is 0 Å². The van der Waals surface area contributed by atoms with E-state index in [0.29, 0.717) is 35.2 Å². The Bertz CT molecular complexity index is 977. The van der Waals surface area contributed by atoms with Gasteiger partial charge in [0.1, 0.15) is 17.2 Å². The van der Waals surface area contributed by atoms with Crippen LogP contribution in [0.4, 0.5) is 11.6 Å². The first-order valence-corrected chi connectivity index (χ1v) is 8.85. The molecule has 8 heteroatoms. The number of ether oxygens (including phenoxy) is 3. The number of carbonyl (C=O) groups excluding carboxylic acids is 1. The van der Waals surface area contributed by atoms with E-state index in [9.17, 15) is 4.79 Å². The van der Waals surface area contributed by atoms with Crippen molar-refractivity contribution in [1.29, 1.82) is 0 Å². The van der Waals surface area contributed by atoms with Gasteiger partial charge in [0, 0.05) is 30.6 Å². The molecule has 2 N–H and O–H groups in total. The van der Waals surface area contributed by atoms with E-state index < -0.39 is 0 Å². The third kappa shape index (κ3) is 4.92. The normalized spacial score (nSPS) is 10.2. The summed E-state index contributed by atoms with van der Waals surface area (Å²) in [6, 6.07) is 12.9. The molecule has 1 heterocycles. The van der Waals surface area contributed by atoms with Crippen LogP contribution >= 0.6 is 0 Å². The van der Waals surface area contributed by atoms with Gasteiger partial charge in [0.15, 0.2) is 0 Å². The van der Waals surface area contributed by atoms with Crippen LogP contribution in [0.25, 0.3) is 0 Å². The Morgan fingerprint density at radius 1 is 0.931 bits per heavy atom. The third-order valence-corrected chi connectivity index (χ3v) is 4.20. The van der Waals surface area contributed by atoms with E-state index in [1.165, 1.54) is 12.4 Å². The van der Waals surface area contributed by atoms with Gasteiger partial charge in [-0.05, 0) is 18.2 Å². The van der Waals surface area contributed by atoms with E-state index in [-0.39, 0.29) is 5.91 Å². The Morgan fingerprint density at radius 2 is 1.66 bits per heavy atom. The summed E-state index contributed by atoms with van der Waals surface area (Å²) >= 11 is 0. The fraction of sp³-hybridized carbons (Fsp3) is 0.190. The number of aromatic nitrogens is 2. The highest BCUT2D eigenvalue weighted by atomic mass is 16.5. The third-order valence-electron chi connectivity index (χ3n) is 4.20. The van der Waals surface area contributed by atoms with Crippen molar-refractivity contribution in [3.05, 3.63) is 66.0 Å². The van der Waals surface area contributed by atoms with Gasteiger partial charge < -0.3 is 24.8 Å². The van der Waals surface area contributed by atoms with Crippen molar-refractivity contribution in [3.8, 4) is 17.2 Å². The van der Waals surface area contributed by atoms with Crippen molar-refractivity contribution in [2.24, 2.45) is 0 Å². The molecule has 3 rings (SSSR count). The van der Waals surface area contributed by atoms with E-state index >= 15 is 0 Å². The number of nitrogens with zero attached hydrogens (tertiary/aromatic N) is 2. The van der Waals surface area contributed by atoms with Crippen molar-refractivity contribution in [3.63, 3.8) is 0 Å². The maximum atomic E-state index is 12.4. The molecule has 1 aromatic heterocycles. The van der Waals surface area contributed by atoms with Gasteiger partial charge in [0.05, 0.1) is 32.6 Å². The van der Waals surface area contributed by atoms with Gasteiger partial charge in [0.2, 0.25) is 5.95 Å². The highest BCUT2D eigenvalue weighted by Crippen LogP contribution is 2.30. The second kappa shape index (κ2) is 9.41. The summed E-state index contributed by atoms with van der Waals surface area (Å²) in [5.74, 6) is 2.05. The minimum atomic E-state index is -0.274. The van der Waals surface area contributed by atoms with Crippen LogP contribution in [0, 0.1) is 0 Å². The lowest BCUT2D eigenvalue weighted by atomic mass is 10.2. The summed E-state index contributed by atoms with van der Waals surface area (Å²) in [5, 5.41) is 5.90. The number of hydrogen-bond acceptors (Lipinski definition) is 7. The summed E-state index contributed by atoms with van der Waals surface area (Å²) in [4.78, 5) is 20.8. The van der Waals surface area contributed by atoms with Crippen molar-refractivity contribution in [2.45, 2.75) is 6.54 Å². The molecule has 3 aromatic rings. The monoisotopic (exact) mass is 394 g/mol. The molecule has 8 nitrogen and oxygen atoms in total. The summed E-state index contributed by atoms with van der Waals surface area (Å²) in [7, 11) is 4.75. The summed E-state index contributed by atoms with van der Waals surface area (Å²) in [5.41, 5.74) is 1.92. The molecule has 0 aliphatic rings. The van der Waals surface area contributed by atoms with Crippen LogP contribution in [0.15, 0.2) is 54.9 Å². The average molecular weight is 394 g/mol. The molecule has 0 fully saturated rings. The minimum Gasteiger partial charge on any atom is -0.497 e. The molecule has 0 atom stereocenters. The van der Waals surface area contributed by atoms with Gasteiger partial charge in [-0.2, -0.15) is 0 Å². The lowest BCUT2D eigenvalue weighted by molar-refractivity contribution is 0.0950. The first-order valence-electron chi connectivity index (χ1n) is 8.85. The quantitative estimate of drug-likeness (QED) is 0.606. The second-order valence-corrected chi connectivity index (χ2v) is 5.98. The van der Waals surface area contributed by atoms with Gasteiger partial charge in [-0.25, -0.2) is 9.97 Å². The molecule has 0 aliphatic heterocycles. The predicted molar refractivity (Wildman–Crippen MR) is 109 cm³/mol. The summed E-state index contributed by atoms with van der Waals surface area (Å²) < 4.78 is 15.8. The number of nitrogens with one attached hydrogen (secondary N) is 2. The Morgan fingerprint density at radius 3 is 2.34 bits per heavy atom. The second-order valence-electron chi connectivity index (χ2n) is 5.98. The predicted octanol–water partition coefficient (Wildman–Crippen LogP) is 3.18. The number of hydrogen-bond donors (Lipinski definition) is 2. The van der Waals surface area contributed by atoms with Crippen LogP contribution in [0.1, 0.15) is 15.9 Å². The molecule has 2 aromatic carbocycles. The highest BCUT2D eigenvalue weighted by Gasteiger charge is 2.10. The van der Waals surface area contributed by atoms with E-state index in [2.05, 4.69) is 20.6 Å². The van der Waals surface area contributed by atoms with Crippen molar-refractivity contribution >= 4 is 17.5 Å². The molecule has 0 radical (unpaired) electrons. The van der Waals surface area contributed by atoms with Crippen LogP contribution < -0.4 is 24.8 Å². The number of methoxy groups -OCH3 is 3. The molecule has 0 aliphatic carbocycles. The van der Waals surface area contributed by atoms with Crippen molar-refractivity contribution < 1.29 is 19.0 Å². The van der Waals surface area contributed by atoms with E-state index in [0.717, 1.165) is 11.3 Å². The Balaban J connectivity index is 1.64. The van der Waals surface area contributed by atoms with Crippen molar-refractivity contribution in [2.75, 3.05) is 26.6 Å². The first-order chi connectivity index (χ1) is 14.1. The van der Waals surface area contributed by atoms with Crippen LogP contribution in [-0.4, -0.2) is 37.2 Å². The largest absolute Gasteiger partial charge is 0.497 e. The fourth-order valence-electron chi connectivity index (χ4n) is 2.66. The highest BCUT2D eigenvalue weighted by molar-refractivity contribution is 5.93. The average Bonchev–Trinajstić information content (AvgIpc) is 2.78. The van der Waals surface area contributed by atoms with Crippen LogP contribution in [-0.2, 0) is 6.54 Å². The standard InChI is InChI=1S/C21H22N4O4/c1-27-16-8-9-17(19(10-16)29-3)25-21-23-12-15(13-24-21)20(26)22-11-14-6-4-5-7-18(14)28-2/h4-10,12-13H,11H2,1-3H3,(H,22,26)(H,23,24,25). The minimum absolute atomic E-state index is 0.274. The van der Waals surface area contributed by atoms with E-state index in [1.807, 2.05) is 24.3 Å². The lowest BCUT2D eigenvalue weighted by Gasteiger charge is -2.12. The SMILES string of the molecule is COc1ccc(Nc2ncc(C(=O)NCc3ccccc3OC)cn2)c(OC)c1. The Hall–Kier alpha value is -3.81. The molecular formula is C21H22N4O4. The van der Waals surface area contributed by atoms with Gasteiger partial charge in [-0.1, -0.05) is 18.2 Å². The molecular weight excluding hydrogens is 372 g/mol. The zero-order valence-corrected chi connectivity index (χ0v) is 16.4. The maximum Gasteiger partial charge on any atom is 0.254 e. The topological polar surface area (TPSA) is 94.6 Å². The molecule has 1 amide bonds. The lowest BCUT2D eigenvalue weighted by Crippen LogP contribution is -2.23. The zero-order valence-electron chi connectivity index (χ0n) is 16.4. The van der Waals surface area contributed by atoms with E-state index in [1.54, 1.807) is 39.5 Å². The summed E-state index contributed by atoms with van der Waals surface area (Å²) in [6.07, 6.45) is 2.92. The van der Waals surface area contributed by atoms with Gasteiger partial charge in [-0.15, -0.1) is 0 Å². The summed E-state index contributed by atoms with van der Waals surface area (Å²) in [6.45, 7) is 0.339. The van der Waals surface area contributed by atoms with Crippen LogP contribution in [0.2, 0.25) is 0 Å². The molecule has 0 saturated carbocycles. The van der Waals surface area contributed by atoms with Crippen molar-refractivity contribution in [1.82, 2.24) is 15.3 Å². The van der Waals surface area contributed by atoms with E-state index in [4.69, 9.17) is 14.2 Å². The fourth-order valence-corrected chi connectivity index (χ4v) is 2.66.